The van der Waals surface area contributed by atoms with Gasteiger partial charge in [-0.15, -0.1) is 0 Å². The van der Waals surface area contributed by atoms with Crippen LogP contribution >= 0.6 is 0 Å². The number of rotatable bonds is 6. The standard InChI is InChI=1S/C21H24N4O/c1-16(14-25-9-8-18-5-2-3-6-19(18)15-25)22-11-17-12-23-21(24-13-17)20-7-4-10-26-20/h2-7,10,12-13,16,22H,8-9,11,14-15H2,1H3. The van der Waals surface area contributed by atoms with Crippen LogP contribution in [0.25, 0.3) is 11.6 Å². The highest BCUT2D eigenvalue weighted by Crippen LogP contribution is 2.18. The van der Waals surface area contributed by atoms with Crippen molar-refractivity contribution in [2.45, 2.75) is 32.5 Å². The summed E-state index contributed by atoms with van der Waals surface area (Å²) in [7, 11) is 0. The maximum Gasteiger partial charge on any atom is 0.195 e. The van der Waals surface area contributed by atoms with E-state index >= 15 is 0 Å². The first kappa shape index (κ1) is 16.9. The number of furan rings is 1. The molecule has 1 aliphatic rings. The highest BCUT2D eigenvalue weighted by atomic mass is 16.3. The van der Waals surface area contributed by atoms with Gasteiger partial charge in [-0.2, -0.15) is 0 Å². The van der Waals surface area contributed by atoms with Crippen molar-refractivity contribution in [3.05, 3.63) is 71.7 Å². The van der Waals surface area contributed by atoms with Crippen LogP contribution in [-0.4, -0.2) is 34.0 Å². The van der Waals surface area contributed by atoms with Gasteiger partial charge in [0.25, 0.3) is 0 Å². The summed E-state index contributed by atoms with van der Waals surface area (Å²) < 4.78 is 5.32. The molecule has 134 valence electrons. The number of fused-ring (bicyclic) bond motifs is 1. The summed E-state index contributed by atoms with van der Waals surface area (Å²) in [6.45, 7) is 6.22. The van der Waals surface area contributed by atoms with Gasteiger partial charge < -0.3 is 9.73 Å². The van der Waals surface area contributed by atoms with E-state index in [9.17, 15) is 0 Å². The third kappa shape index (κ3) is 4.00. The van der Waals surface area contributed by atoms with Crippen LogP contribution in [0.3, 0.4) is 0 Å². The third-order valence-electron chi connectivity index (χ3n) is 4.84. The molecule has 5 nitrogen and oxygen atoms in total. The Morgan fingerprint density at radius 3 is 2.69 bits per heavy atom. The van der Waals surface area contributed by atoms with Gasteiger partial charge in [-0.1, -0.05) is 24.3 Å². The van der Waals surface area contributed by atoms with E-state index in [1.54, 1.807) is 6.26 Å². The minimum absolute atomic E-state index is 0.407. The molecule has 1 unspecified atom stereocenters. The number of nitrogens with zero attached hydrogens (tertiary/aromatic N) is 3. The van der Waals surface area contributed by atoms with E-state index in [-0.39, 0.29) is 0 Å². The van der Waals surface area contributed by atoms with Crippen molar-refractivity contribution >= 4 is 0 Å². The first-order valence-corrected chi connectivity index (χ1v) is 9.15. The second-order valence-electron chi connectivity index (χ2n) is 6.93. The lowest BCUT2D eigenvalue weighted by Gasteiger charge is -2.31. The van der Waals surface area contributed by atoms with Crippen molar-refractivity contribution in [3.8, 4) is 11.6 Å². The zero-order chi connectivity index (χ0) is 17.8. The fraction of sp³-hybridized carbons (Fsp3) is 0.333. The molecule has 0 amide bonds. The van der Waals surface area contributed by atoms with Crippen molar-refractivity contribution in [2.24, 2.45) is 0 Å². The van der Waals surface area contributed by atoms with E-state index in [2.05, 4.69) is 51.4 Å². The molecule has 26 heavy (non-hydrogen) atoms. The van der Waals surface area contributed by atoms with Crippen molar-refractivity contribution in [1.82, 2.24) is 20.2 Å². The summed E-state index contributed by atoms with van der Waals surface area (Å²) in [6, 6.07) is 12.9. The molecule has 1 atom stereocenters. The summed E-state index contributed by atoms with van der Waals surface area (Å²) in [4.78, 5) is 11.3. The van der Waals surface area contributed by atoms with Crippen LogP contribution in [0.2, 0.25) is 0 Å². The summed E-state index contributed by atoms with van der Waals surface area (Å²) in [6.07, 6.45) is 6.50. The smallest absolute Gasteiger partial charge is 0.195 e. The highest BCUT2D eigenvalue weighted by Gasteiger charge is 2.17. The Morgan fingerprint density at radius 1 is 1.12 bits per heavy atom. The van der Waals surface area contributed by atoms with Gasteiger partial charge in [0.05, 0.1) is 6.26 Å². The minimum atomic E-state index is 0.407. The summed E-state index contributed by atoms with van der Waals surface area (Å²) in [5.74, 6) is 1.32. The molecule has 0 fully saturated rings. The van der Waals surface area contributed by atoms with Gasteiger partial charge in [0.2, 0.25) is 0 Å². The monoisotopic (exact) mass is 348 g/mol. The van der Waals surface area contributed by atoms with E-state index in [0.29, 0.717) is 17.6 Å². The summed E-state index contributed by atoms with van der Waals surface area (Å²) >= 11 is 0. The van der Waals surface area contributed by atoms with Crippen LogP contribution in [0.15, 0.2) is 59.5 Å². The van der Waals surface area contributed by atoms with E-state index in [0.717, 1.165) is 38.2 Å². The van der Waals surface area contributed by atoms with Crippen LogP contribution in [0, 0.1) is 0 Å². The molecule has 0 saturated carbocycles. The molecule has 0 bridgehead atoms. The van der Waals surface area contributed by atoms with Crippen molar-refractivity contribution in [2.75, 3.05) is 13.1 Å². The number of hydrogen-bond donors (Lipinski definition) is 1. The zero-order valence-electron chi connectivity index (χ0n) is 15.1. The van der Waals surface area contributed by atoms with Gasteiger partial charge in [0.1, 0.15) is 0 Å². The van der Waals surface area contributed by atoms with Crippen LogP contribution in [-0.2, 0) is 19.5 Å². The van der Waals surface area contributed by atoms with Crippen molar-refractivity contribution < 1.29 is 4.42 Å². The molecular weight excluding hydrogens is 324 g/mol. The lowest BCUT2D eigenvalue weighted by atomic mass is 10.00. The predicted molar refractivity (Wildman–Crippen MR) is 101 cm³/mol. The van der Waals surface area contributed by atoms with Crippen LogP contribution in [0.4, 0.5) is 0 Å². The second-order valence-corrected chi connectivity index (χ2v) is 6.93. The average Bonchev–Trinajstić information content (AvgIpc) is 3.21. The third-order valence-corrected chi connectivity index (χ3v) is 4.84. The zero-order valence-corrected chi connectivity index (χ0v) is 15.1. The second kappa shape index (κ2) is 7.81. The van der Waals surface area contributed by atoms with Gasteiger partial charge in [0.15, 0.2) is 11.6 Å². The Kier molecular flexibility index (Phi) is 5.09. The van der Waals surface area contributed by atoms with Gasteiger partial charge in [-0.25, -0.2) is 9.97 Å². The SMILES string of the molecule is CC(CN1CCc2ccccc2C1)NCc1cnc(-c2ccco2)nc1. The molecule has 0 aliphatic carbocycles. The molecule has 5 heteroatoms. The molecule has 4 rings (SSSR count). The molecule has 1 N–H and O–H groups in total. The Bertz CT molecular complexity index is 829. The molecule has 0 saturated heterocycles. The number of benzene rings is 1. The Balaban J connectivity index is 1.27. The summed E-state index contributed by atoms with van der Waals surface area (Å²) in [5.41, 5.74) is 4.04. The predicted octanol–water partition coefficient (Wildman–Crippen LogP) is 3.27. The molecule has 3 aromatic rings. The van der Waals surface area contributed by atoms with Crippen molar-refractivity contribution in [1.29, 1.82) is 0 Å². The van der Waals surface area contributed by atoms with E-state index in [1.807, 2.05) is 24.5 Å². The average molecular weight is 348 g/mol. The molecule has 1 aliphatic heterocycles. The molecule has 3 heterocycles. The lowest BCUT2D eigenvalue weighted by molar-refractivity contribution is 0.229. The minimum Gasteiger partial charge on any atom is -0.461 e. The normalized spacial score (nSPS) is 15.6. The number of nitrogens with one attached hydrogen (secondary N) is 1. The van der Waals surface area contributed by atoms with Crippen LogP contribution < -0.4 is 5.32 Å². The van der Waals surface area contributed by atoms with E-state index < -0.39 is 0 Å². The van der Waals surface area contributed by atoms with Crippen LogP contribution in [0.1, 0.15) is 23.6 Å². The number of hydrogen-bond acceptors (Lipinski definition) is 5. The van der Waals surface area contributed by atoms with Gasteiger partial charge in [0, 0.05) is 50.2 Å². The topological polar surface area (TPSA) is 54.2 Å². The van der Waals surface area contributed by atoms with Crippen molar-refractivity contribution in [3.63, 3.8) is 0 Å². The fourth-order valence-electron chi connectivity index (χ4n) is 3.43. The first-order valence-electron chi connectivity index (χ1n) is 9.15. The Labute approximate surface area is 154 Å². The number of aromatic nitrogens is 2. The molecule has 0 radical (unpaired) electrons. The molecule has 0 spiro atoms. The van der Waals surface area contributed by atoms with Gasteiger partial charge in [-0.05, 0) is 36.6 Å². The lowest BCUT2D eigenvalue weighted by Crippen LogP contribution is -2.41. The molecule has 1 aromatic carbocycles. The quantitative estimate of drug-likeness (QED) is 0.741. The molecular formula is C21H24N4O. The van der Waals surface area contributed by atoms with E-state index in [4.69, 9.17) is 4.42 Å². The molecule has 2 aromatic heterocycles. The Hall–Kier alpha value is -2.50. The fourth-order valence-corrected chi connectivity index (χ4v) is 3.43. The summed E-state index contributed by atoms with van der Waals surface area (Å²) in [5, 5.41) is 3.58. The van der Waals surface area contributed by atoms with Crippen LogP contribution in [0.5, 0.6) is 0 Å². The largest absolute Gasteiger partial charge is 0.461 e. The van der Waals surface area contributed by atoms with E-state index in [1.165, 1.54) is 11.1 Å². The Morgan fingerprint density at radius 2 is 1.92 bits per heavy atom. The van der Waals surface area contributed by atoms with Gasteiger partial charge >= 0.3 is 0 Å². The maximum atomic E-state index is 5.32. The maximum absolute atomic E-state index is 5.32. The van der Waals surface area contributed by atoms with Gasteiger partial charge in [-0.3, -0.25) is 4.90 Å². The highest BCUT2D eigenvalue weighted by molar-refractivity contribution is 5.45. The first-order chi connectivity index (χ1) is 12.8.